The molecule has 2 rings (SSSR count). The van der Waals surface area contributed by atoms with Gasteiger partial charge in [0.25, 0.3) is 5.91 Å². The average Bonchev–Trinajstić information content (AvgIpc) is 2.40. The van der Waals surface area contributed by atoms with Crippen LogP contribution in [0.4, 0.5) is 0 Å². The zero-order valence-electron chi connectivity index (χ0n) is 9.90. The molecule has 0 radical (unpaired) electrons. The average molecular weight is 235 g/mol. The smallest absolute Gasteiger partial charge is 0.265 e. The highest BCUT2D eigenvalue weighted by molar-refractivity contribution is 5.93. The number of hydrogen-bond acceptors (Lipinski definition) is 4. The first-order valence-corrected chi connectivity index (χ1v) is 5.70. The van der Waals surface area contributed by atoms with E-state index in [4.69, 9.17) is 4.74 Å². The number of ether oxygens (including phenoxy) is 1. The van der Waals surface area contributed by atoms with Crippen molar-refractivity contribution < 1.29 is 9.53 Å². The van der Waals surface area contributed by atoms with Crippen LogP contribution in [0.2, 0.25) is 0 Å². The lowest BCUT2D eigenvalue weighted by Crippen LogP contribution is -2.52. The van der Waals surface area contributed by atoms with Crippen LogP contribution in [0.1, 0.15) is 10.4 Å². The molecule has 1 aromatic carbocycles. The molecule has 0 spiro atoms. The number of nitrogens with zero attached hydrogens (tertiary/aromatic N) is 1. The third-order valence-corrected chi connectivity index (χ3v) is 2.73. The molecular weight excluding hydrogens is 218 g/mol. The molecule has 1 heterocycles. The predicted octanol–water partition coefficient (Wildman–Crippen LogP) is 0.245. The van der Waals surface area contributed by atoms with Gasteiger partial charge in [-0.05, 0) is 24.3 Å². The molecule has 0 aliphatic carbocycles. The molecular formula is C12H17N3O2. The van der Waals surface area contributed by atoms with E-state index in [0.29, 0.717) is 5.56 Å². The normalized spacial score (nSPS) is 16.5. The van der Waals surface area contributed by atoms with E-state index in [-0.39, 0.29) is 5.91 Å². The molecule has 0 aromatic heterocycles. The van der Waals surface area contributed by atoms with E-state index in [9.17, 15) is 4.79 Å². The Labute approximate surface area is 101 Å². The van der Waals surface area contributed by atoms with Gasteiger partial charge in [0, 0.05) is 31.7 Å². The van der Waals surface area contributed by atoms with Crippen LogP contribution in [0.5, 0.6) is 5.75 Å². The fourth-order valence-corrected chi connectivity index (χ4v) is 1.73. The first kappa shape index (κ1) is 11.9. The van der Waals surface area contributed by atoms with Gasteiger partial charge >= 0.3 is 0 Å². The highest BCUT2D eigenvalue weighted by atomic mass is 16.5. The second kappa shape index (κ2) is 5.65. The zero-order valence-corrected chi connectivity index (χ0v) is 9.90. The highest BCUT2D eigenvalue weighted by Crippen LogP contribution is 2.11. The topological polar surface area (TPSA) is 53.6 Å². The predicted molar refractivity (Wildman–Crippen MR) is 64.9 cm³/mol. The van der Waals surface area contributed by atoms with Gasteiger partial charge in [-0.1, -0.05) is 0 Å². The van der Waals surface area contributed by atoms with Crippen molar-refractivity contribution in [3.8, 4) is 5.75 Å². The number of rotatable bonds is 3. The maximum Gasteiger partial charge on any atom is 0.265 e. The van der Waals surface area contributed by atoms with Crippen molar-refractivity contribution in [2.75, 3.05) is 33.3 Å². The Morgan fingerprint density at radius 2 is 1.94 bits per heavy atom. The number of carbonyl (C=O) groups excluding carboxylic acids is 1. The van der Waals surface area contributed by atoms with E-state index in [1.165, 1.54) is 0 Å². The Kier molecular flexibility index (Phi) is 3.95. The summed E-state index contributed by atoms with van der Waals surface area (Å²) in [4.78, 5) is 11.9. The first-order chi connectivity index (χ1) is 8.29. The van der Waals surface area contributed by atoms with Gasteiger partial charge in [0.15, 0.2) is 0 Å². The molecule has 1 aromatic rings. The van der Waals surface area contributed by atoms with Crippen molar-refractivity contribution in [3.05, 3.63) is 29.8 Å². The Bertz CT molecular complexity index is 372. The third kappa shape index (κ3) is 3.18. The Hall–Kier alpha value is -1.59. The van der Waals surface area contributed by atoms with Gasteiger partial charge in [-0.2, -0.15) is 0 Å². The first-order valence-electron chi connectivity index (χ1n) is 5.70. The monoisotopic (exact) mass is 235 g/mol. The molecule has 0 atom stereocenters. The summed E-state index contributed by atoms with van der Waals surface area (Å²) in [6, 6.07) is 7.09. The van der Waals surface area contributed by atoms with Crippen molar-refractivity contribution in [3.63, 3.8) is 0 Å². The van der Waals surface area contributed by atoms with Crippen LogP contribution in [-0.4, -0.2) is 44.2 Å². The summed E-state index contributed by atoms with van der Waals surface area (Å²) >= 11 is 0. The lowest BCUT2D eigenvalue weighted by molar-refractivity contribution is 0.0765. The Balaban J connectivity index is 1.93. The minimum Gasteiger partial charge on any atom is -0.497 e. The summed E-state index contributed by atoms with van der Waals surface area (Å²) in [6.45, 7) is 3.48. The van der Waals surface area contributed by atoms with Crippen LogP contribution in [0, 0.1) is 0 Å². The van der Waals surface area contributed by atoms with Crippen LogP contribution >= 0.6 is 0 Å². The fourth-order valence-electron chi connectivity index (χ4n) is 1.73. The van der Waals surface area contributed by atoms with E-state index in [1.807, 2.05) is 5.01 Å². The summed E-state index contributed by atoms with van der Waals surface area (Å²) in [5, 5.41) is 5.17. The number of amides is 1. The molecule has 0 bridgehead atoms. The molecule has 1 fully saturated rings. The van der Waals surface area contributed by atoms with Gasteiger partial charge in [0.2, 0.25) is 0 Å². The Morgan fingerprint density at radius 3 is 2.53 bits per heavy atom. The number of benzene rings is 1. The maximum atomic E-state index is 11.9. The van der Waals surface area contributed by atoms with E-state index < -0.39 is 0 Å². The minimum absolute atomic E-state index is 0.0745. The molecule has 1 aliphatic rings. The molecule has 17 heavy (non-hydrogen) atoms. The molecule has 1 aliphatic heterocycles. The van der Waals surface area contributed by atoms with Crippen LogP contribution in [0.15, 0.2) is 24.3 Å². The molecule has 0 saturated carbocycles. The summed E-state index contributed by atoms with van der Waals surface area (Å²) < 4.78 is 5.05. The number of hydrogen-bond donors (Lipinski definition) is 2. The van der Waals surface area contributed by atoms with Crippen molar-refractivity contribution in [1.82, 2.24) is 15.8 Å². The maximum absolute atomic E-state index is 11.9. The van der Waals surface area contributed by atoms with Crippen molar-refractivity contribution >= 4 is 5.91 Å². The molecule has 92 valence electrons. The summed E-state index contributed by atoms with van der Waals surface area (Å²) in [7, 11) is 1.61. The minimum atomic E-state index is -0.0745. The van der Waals surface area contributed by atoms with Gasteiger partial charge in [0.05, 0.1) is 7.11 Å². The number of piperazine rings is 1. The molecule has 1 saturated heterocycles. The highest BCUT2D eigenvalue weighted by Gasteiger charge is 2.13. The van der Waals surface area contributed by atoms with Crippen molar-refractivity contribution in [2.45, 2.75) is 0 Å². The Morgan fingerprint density at radius 1 is 1.29 bits per heavy atom. The number of nitrogens with one attached hydrogen (secondary N) is 2. The largest absolute Gasteiger partial charge is 0.497 e. The van der Waals surface area contributed by atoms with Crippen molar-refractivity contribution in [2.24, 2.45) is 0 Å². The van der Waals surface area contributed by atoms with Gasteiger partial charge in [0.1, 0.15) is 5.75 Å². The van der Waals surface area contributed by atoms with Crippen LogP contribution < -0.4 is 15.5 Å². The zero-order chi connectivity index (χ0) is 12.1. The number of carbonyl (C=O) groups is 1. The fraction of sp³-hybridized carbons (Fsp3) is 0.417. The molecule has 0 unspecified atom stereocenters. The van der Waals surface area contributed by atoms with E-state index in [1.54, 1.807) is 31.4 Å². The van der Waals surface area contributed by atoms with E-state index in [2.05, 4.69) is 10.7 Å². The molecule has 1 amide bonds. The lowest BCUT2D eigenvalue weighted by Gasteiger charge is -2.27. The lowest BCUT2D eigenvalue weighted by atomic mass is 10.2. The number of hydrazine groups is 1. The standard InChI is InChI=1S/C12H17N3O2/c1-17-11-4-2-10(3-5-11)12(16)14-15-8-6-13-7-9-15/h2-5,13H,6-9H2,1H3,(H,14,16). The van der Waals surface area contributed by atoms with Crippen molar-refractivity contribution in [1.29, 1.82) is 0 Å². The van der Waals surface area contributed by atoms with Crippen LogP contribution in [-0.2, 0) is 0 Å². The van der Waals surface area contributed by atoms with Gasteiger partial charge < -0.3 is 10.1 Å². The second-order valence-electron chi connectivity index (χ2n) is 3.91. The van der Waals surface area contributed by atoms with Crippen LogP contribution in [0.25, 0.3) is 0 Å². The number of methoxy groups -OCH3 is 1. The third-order valence-electron chi connectivity index (χ3n) is 2.73. The van der Waals surface area contributed by atoms with Gasteiger partial charge in [-0.15, -0.1) is 0 Å². The SMILES string of the molecule is COc1ccc(C(=O)NN2CCNCC2)cc1. The molecule has 5 nitrogen and oxygen atoms in total. The van der Waals surface area contributed by atoms with Crippen LogP contribution in [0.3, 0.4) is 0 Å². The molecule has 5 heteroatoms. The van der Waals surface area contributed by atoms with Gasteiger partial charge in [-0.25, -0.2) is 5.01 Å². The quantitative estimate of drug-likeness (QED) is 0.788. The van der Waals surface area contributed by atoms with E-state index >= 15 is 0 Å². The second-order valence-corrected chi connectivity index (χ2v) is 3.91. The summed E-state index contributed by atoms with van der Waals surface area (Å²) in [5.74, 6) is 0.679. The summed E-state index contributed by atoms with van der Waals surface area (Å²) in [6.07, 6.45) is 0. The van der Waals surface area contributed by atoms with Gasteiger partial charge in [-0.3, -0.25) is 10.2 Å². The molecule has 2 N–H and O–H groups in total. The van der Waals surface area contributed by atoms with E-state index in [0.717, 1.165) is 31.9 Å². The summed E-state index contributed by atoms with van der Waals surface area (Å²) in [5.41, 5.74) is 3.53.